The van der Waals surface area contributed by atoms with E-state index in [-0.39, 0.29) is 24.9 Å². The Balaban J connectivity index is 1.69. The molecule has 0 aliphatic carbocycles. The summed E-state index contributed by atoms with van der Waals surface area (Å²) in [6.07, 6.45) is 3.53. The topological polar surface area (TPSA) is 77.5 Å². The van der Waals surface area contributed by atoms with E-state index in [0.717, 1.165) is 37.9 Å². The van der Waals surface area contributed by atoms with Crippen molar-refractivity contribution in [1.82, 2.24) is 4.90 Å². The summed E-state index contributed by atoms with van der Waals surface area (Å²) in [6.45, 7) is 3.93. The standard InChI is InChI=1S/C25H31NO6/c1-4-5-16-8-9-26(14-16)24(28)13-19(17-6-7-21-22(10-17)32-15-31-21)25-20(27)11-18(29-2)12-23(25)30-3/h6-7,10-12,16,19,27H,4-5,8-9,13-15H2,1-3H3. The number of phenolic OH excluding ortho intramolecular Hbond substituents is 1. The number of aromatic hydroxyl groups is 1. The quantitative estimate of drug-likeness (QED) is 0.658. The fraction of sp³-hybridized carbons (Fsp3) is 0.480. The maximum atomic E-state index is 13.3. The van der Waals surface area contributed by atoms with Gasteiger partial charge in [0.25, 0.3) is 0 Å². The van der Waals surface area contributed by atoms with Crippen molar-refractivity contribution in [3.8, 4) is 28.7 Å². The summed E-state index contributed by atoms with van der Waals surface area (Å²) in [5, 5.41) is 10.9. The van der Waals surface area contributed by atoms with Crippen LogP contribution in [0.15, 0.2) is 30.3 Å². The van der Waals surface area contributed by atoms with Gasteiger partial charge in [0.15, 0.2) is 11.5 Å². The summed E-state index contributed by atoms with van der Waals surface area (Å²) in [5.74, 6) is 2.52. The fourth-order valence-electron chi connectivity index (χ4n) is 4.75. The molecule has 2 heterocycles. The molecule has 0 spiro atoms. The van der Waals surface area contributed by atoms with Gasteiger partial charge in [-0.05, 0) is 36.5 Å². The Kier molecular flexibility index (Phi) is 6.63. The van der Waals surface area contributed by atoms with Crippen LogP contribution in [0.3, 0.4) is 0 Å². The number of phenols is 1. The van der Waals surface area contributed by atoms with Crippen LogP contribution in [0.4, 0.5) is 0 Å². The zero-order valence-electron chi connectivity index (χ0n) is 18.9. The highest BCUT2D eigenvalue weighted by atomic mass is 16.7. The second kappa shape index (κ2) is 9.59. The van der Waals surface area contributed by atoms with Gasteiger partial charge in [0.05, 0.1) is 14.2 Å². The van der Waals surface area contributed by atoms with E-state index >= 15 is 0 Å². The molecular formula is C25H31NO6. The minimum Gasteiger partial charge on any atom is -0.507 e. The van der Waals surface area contributed by atoms with E-state index in [1.54, 1.807) is 19.2 Å². The smallest absolute Gasteiger partial charge is 0.231 e. The van der Waals surface area contributed by atoms with Gasteiger partial charge in [0.1, 0.15) is 17.2 Å². The summed E-state index contributed by atoms with van der Waals surface area (Å²) in [7, 11) is 3.08. The van der Waals surface area contributed by atoms with Gasteiger partial charge in [0.2, 0.25) is 12.7 Å². The Bertz CT molecular complexity index is 975. The average Bonchev–Trinajstić information content (AvgIpc) is 3.46. The van der Waals surface area contributed by atoms with Gasteiger partial charge >= 0.3 is 0 Å². The lowest BCUT2D eigenvalue weighted by Crippen LogP contribution is -2.30. The monoisotopic (exact) mass is 441 g/mol. The Labute approximate surface area is 188 Å². The predicted octanol–water partition coefficient (Wildman–Crippen LogP) is 4.31. The normalized spacial score (nSPS) is 18.0. The van der Waals surface area contributed by atoms with E-state index in [1.165, 1.54) is 7.11 Å². The lowest BCUT2D eigenvalue weighted by Gasteiger charge is -2.25. The van der Waals surface area contributed by atoms with Crippen LogP contribution in [0.1, 0.15) is 49.7 Å². The van der Waals surface area contributed by atoms with Crippen molar-refractivity contribution in [2.45, 2.75) is 38.5 Å². The van der Waals surface area contributed by atoms with Gasteiger partial charge in [-0.15, -0.1) is 0 Å². The first-order valence-electron chi connectivity index (χ1n) is 11.2. The van der Waals surface area contributed by atoms with E-state index in [9.17, 15) is 9.90 Å². The molecule has 32 heavy (non-hydrogen) atoms. The van der Waals surface area contributed by atoms with E-state index in [4.69, 9.17) is 18.9 Å². The number of amides is 1. The molecule has 2 aliphatic heterocycles. The molecule has 2 atom stereocenters. The highest BCUT2D eigenvalue weighted by molar-refractivity contribution is 5.79. The molecule has 172 valence electrons. The third-order valence-electron chi connectivity index (χ3n) is 6.41. The van der Waals surface area contributed by atoms with E-state index in [1.807, 2.05) is 23.1 Å². The number of benzene rings is 2. The Hall–Kier alpha value is -3.09. The number of hydrogen-bond acceptors (Lipinski definition) is 6. The average molecular weight is 442 g/mol. The first kappa shape index (κ1) is 22.1. The third-order valence-corrected chi connectivity index (χ3v) is 6.41. The predicted molar refractivity (Wildman–Crippen MR) is 120 cm³/mol. The van der Waals surface area contributed by atoms with E-state index in [0.29, 0.717) is 34.5 Å². The largest absolute Gasteiger partial charge is 0.507 e. The number of fused-ring (bicyclic) bond motifs is 1. The van der Waals surface area contributed by atoms with Crippen LogP contribution in [0.2, 0.25) is 0 Å². The summed E-state index contributed by atoms with van der Waals surface area (Å²) >= 11 is 0. The zero-order chi connectivity index (χ0) is 22.7. The van der Waals surface area contributed by atoms with Crippen LogP contribution in [0.25, 0.3) is 0 Å². The van der Waals surface area contributed by atoms with Gasteiger partial charge in [-0.1, -0.05) is 19.4 Å². The first-order valence-corrected chi connectivity index (χ1v) is 11.2. The Morgan fingerprint density at radius 3 is 2.75 bits per heavy atom. The molecule has 0 radical (unpaired) electrons. The minimum atomic E-state index is -0.414. The molecule has 7 nitrogen and oxygen atoms in total. The van der Waals surface area contributed by atoms with E-state index < -0.39 is 5.92 Å². The molecule has 4 rings (SSSR count). The van der Waals surface area contributed by atoms with Crippen LogP contribution in [0, 0.1) is 5.92 Å². The van der Waals surface area contributed by atoms with Crippen LogP contribution in [-0.2, 0) is 4.79 Å². The summed E-state index contributed by atoms with van der Waals surface area (Å²) in [4.78, 5) is 15.3. The van der Waals surface area contributed by atoms with Crippen LogP contribution in [-0.4, -0.2) is 50.0 Å². The summed E-state index contributed by atoms with van der Waals surface area (Å²) < 4.78 is 21.9. The van der Waals surface area contributed by atoms with Gasteiger partial charge in [-0.2, -0.15) is 0 Å². The summed E-state index contributed by atoms with van der Waals surface area (Å²) in [5.41, 5.74) is 1.41. The second-order valence-electron chi connectivity index (χ2n) is 8.41. The number of likely N-dealkylation sites (tertiary alicyclic amines) is 1. The van der Waals surface area contributed by atoms with Crippen molar-refractivity contribution in [3.05, 3.63) is 41.5 Å². The Morgan fingerprint density at radius 2 is 2.00 bits per heavy atom. The van der Waals surface area contributed by atoms with E-state index in [2.05, 4.69) is 6.92 Å². The van der Waals surface area contributed by atoms with Gasteiger partial charge < -0.3 is 29.0 Å². The summed E-state index contributed by atoms with van der Waals surface area (Å²) in [6, 6.07) is 8.92. The number of nitrogens with zero attached hydrogens (tertiary/aromatic N) is 1. The molecule has 0 aromatic heterocycles. The molecule has 7 heteroatoms. The highest BCUT2D eigenvalue weighted by Gasteiger charge is 2.32. The molecule has 2 unspecified atom stereocenters. The van der Waals surface area contributed by atoms with Gasteiger partial charge in [-0.25, -0.2) is 0 Å². The number of ether oxygens (including phenoxy) is 4. The third kappa shape index (κ3) is 4.42. The van der Waals surface area contributed by atoms with Crippen LogP contribution < -0.4 is 18.9 Å². The molecule has 1 saturated heterocycles. The van der Waals surface area contributed by atoms with Crippen molar-refractivity contribution in [2.24, 2.45) is 5.92 Å². The number of rotatable bonds is 8. The van der Waals surface area contributed by atoms with Crippen molar-refractivity contribution < 1.29 is 28.8 Å². The molecule has 1 fully saturated rings. The van der Waals surface area contributed by atoms with Gasteiger partial charge in [0, 0.05) is 43.1 Å². The number of hydrogen-bond donors (Lipinski definition) is 1. The van der Waals surface area contributed by atoms with Crippen molar-refractivity contribution in [2.75, 3.05) is 34.1 Å². The number of methoxy groups -OCH3 is 2. The number of carbonyl (C=O) groups is 1. The maximum Gasteiger partial charge on any atom is 0.231 e. The molecule has 0 saturated carbocycles. The molecule has 2 aromatic carbocycles. The van der Waals surface area contributed by atoms with Crippen LogP contribution >= 0.6 is 0 Å². The SMILES string of the molecule is CCCC1CCN(C(=O)CC(c2ccc3c(c2)OCO3)c2c(O)cc(OC)cc2OC)C1. The lowest BCUT2D eigenvalue weighted by atomic mass is 9.86. The van der Waals surface area contributed by atoms with Crippen molar-refractivity contribution >= 4 is 5.91 Å². The lowest BCUT2D eigenvalue weighted by molar-refractivity contribution is -0.130. The second-order valence-corrected chi connectivity index (χ2v) is 8.41. The number of carbonyl (C=O) groups excluding carboxylic acids is 1. The molecule has 1 N–H and O–H groups in total. The molecule has 2 aliphatic rings. The molecular weight excluding hydrogens is 410 g/mol. The maximum absolute atomic E-state index is 13.3. The minimum absolute atomic E-state index is 0.0296. The zero-order valence-corrected chi connectivity index (χ0v) is 18.9. The first-order chi connectivity index (χ1) is 15.5. The van der Waals surface area contributed by atoms with Crippen LogP contribution in [0.5, 0.6) is 28.7 Å². The Morgan fingerprint density at radius 1 is 1.19 bits per heavy atom. The van der Waals surface area contributed by atoms with Crippen molar-refractivity contribution in [1.29, 1.82) is 0 Å². The molecule has 2 aromatic rings. The highest BCUT2D eigenvalue weighted by Crippen LogP contribution is 2.45. The molecule has 1 amide bonds. The van der Waals surface area contributed by atoms with Crippen molar-refractivity contribution in [3.63, 3.8) is 0 Å². The van der Waals surface area contributed by atoms with Gasteiger partial charge in [-0.3, -0.25) is 4.79 Å². The molecule has 0 bridgehead atoms. The fourth-order valence-corrected chi connectivity index (χ4v) is 4.75.